The van der Waals surface area contributed by atoms with Crippen LogP contribution >= 0.6 is 22.7 Å². The number of sulfonamides is 1. The molecule has 3 aromatic heterocycles. The highest BCUT2D eigenvalue weighted by molar-refractivity contribution is 7.91. The van der Waals surface area contributed by atoms with Gasteiger partial charge in [0.1, 0.15) is 9.90 Å². The third-order valence-electron chi connectivity index (χ3n) is 3.46. The fraction of sp³-hybridized carbons (Fsp3) is 0.133. The lowest BCUT2D eigenvalue weighted by Gasteiger charge is -2.12. The lowest BCUT2D eigenvalue weighted by molar-refractivity contribution is -0.117. The van der Waals surface area contributed by atoms with Crippen LogP contribution in [0.25, 0.3) is 11.3 Å². The number of primary amides is 1. The molecular formula is C15H15N5O4S3. The second-order valence-electron chi connectivity index (χ2n) is 5.47. The highest BCUT2D eigenvalue weighted by atomic mass is 32.2. The molecule has 0 aliphatic carbocycles. The normalized spacial score (nSPS) is 12.6. The second kappa shape index (κ2) is 7.60. The predicted octanol–water partition coefficient (Wildman–Crippen LogP) is 1.60. The second-order valence-corrected chi connectivity index (χ2v) is 9.22. The van der Waals surface area contributed by atoms with Crippen molar-refractivity contribution in [2.75, 3.05) is 5.32 Å². The van der Waals surface area contributed by atoms with E-state index in [1.54, 1.807) is 29.1 Å². The summed E-state index contributed by atoms with van der Waals surface area (Å²) in [4.78, 5) is 30.4. The van der Waals surface area contributed by atoms with E-state index >= 15 is 0 Å². The molecule has 142 valence electrons. The maximum atomic E-state index is 12.3. The molecule has 3 heterocycles. The van der Waals surface area contributed by atoms with E-state index in [0.717, 1.165) is 11.3 Å². The molecule has 2 amide bonds. The molecule has 0 spiro atoms. The number of H-pyrrole nitrogens is 1. The Bertz CT molecular complexity index is 1070. The molecule has 0 aromatic carbocycles. The summed E-state index contributed by atoms with van der Waals surface area (Å²) in [6.45, 7) is 1.44. The Labute approximate surface area is 162 Å². The first-order valence-corrected chi connectivity index (χ1v) is 10.8. The van der Waals surface area contributed by atoms with Crippen molar-refractivity contribution < 1.29 is 18.0 Å². The van der Waals surface area contributed by atoms with E-state index in [1.807, 2.05) is 0 Å². The first kappa shape index (κ1) is 19.2. The average molecular weight is 426 g/mol. The van der Waals surface area contributed by atoms with Gasteiger partial charge in [-0.05, 0) is 24.4 Å². The number of hydrogen-bond acceptors (Lipinski definition) is 7. The van der Waals surface area contributed by atoms with Gasteiger partial charge in [0.05, 0.1) is 11.7 Å². The standard InChI is InChI=1S/C15H15N5O4S3/c1-8(20-27(23,24)12-3-2-4-25-12)14(22)19-15-18-11(7-26-15)9-5-10(13(16)21)17-6-9/h2-8,17,20H,1H3,(H2,16,21)(H,18,19,22). The van der Waals surface area contributed by atoms with E-state index < -0.39 is 27.9 Å². The van der Waals surface area contributed by atoms with E-state index in [-0.39, 0.29) is 9.90 Å². The minimum absolute atomic E-state index is 0.136. The van der Waals surface area contributed by atoms with Crippen molar-refractivity contribution in [3.05, 3.63) is 40.8 Å². The number of rotatable bonds is 7. The van der Waals surface area contributed by atoms with E-state index in [9.17, 15) is 18.0 Å². The van der Waals surface area contributed by atoms with Gasteiger partial charge in [-0.1, -0.05) is 6.07 Å². The summed E-state index contributed by atoms with van der Waals surface area (Å²) in [6, 6.07) is 3.65. The summed E-state index contributed by atoms with van der Waals surface area (Å²) in [7, 11) is -3.75. The molecule has 0 aliphatic rings. The Morgan fingerprint density at radius 2 is 2.11 bits per heavy atom. The fourth-order valence-corrected chi connectivity index (χ4v) is 5.06. The molecule has 3 rings (SSSR count). The monoisotopic (exact) mass is 425 g/mol. The molecule has 0 saturated carbocycles. The fourth-order valence-electron chi connectivity index (χ4n) is 2.12. The maximum Gasteiger partial charge on any atom is 0.265 e. The summed E-state index contributed by atoms with van der Waals surface area (Å²) < 4.78 is 26.8. The number of aromatic nitrogens is 2. The van der Waals surface area contributed by atoms with Crippen LogP contribution in [0.15, 0.2) is 39.4 Å². The number of carbonyl (C=O) groups excluding carboxylic acids is 2. The van der Waals surface area contributed by atoms with Crippen molar-refractivity contribution in [1.29, 1.82) is 0 Å². The van der Waals surface area contributed by atoms with Crippen LogP contribution in [0.1, 0.15) is 17.4 Å². The Balaban J connectivity index is 1.66. The van der Waals surface area contributed by atoms with Crippen molar-refractivity contribution >= 4 is 49.6 Å². The van der Waals surface area contributed by atoms with Crippen LogP contribution in [0.2, 0.25) is 0 Å². The van der Waals surface area contributed by atoms with Crippen molar-refractivity contribution in [3.63, 3.8) is 0 Å². The molecular weight excluding hydrogens is 410 g/mol. The molecule has 9 nitrogen and oxygen atoms in total. The van der Waals surface area contributed by atoms with Crippen molar-refractivity contribution in [1.82, 2.24) is 14.7 Å². The average Bonchev–Trinajstić information content (AvgIpc) is 3.34. The SMILES string of the molecule is CC(NS(=O)(=O)c1cccs1)C(=O)Nc1nc(-c2c[nH]c(C(N)=O)c2)cs1. The van der Waals surface area contributed by atoms with Gasteiger partial charge in [0, 0.05) is 17.1 Å². The Morgan fingerprint density at radius 3 is 2.74 bits per heavy atom. The number of nitrogens with one attached hydrogen (secondary N) is 3. The van der Waals surface area contributed by atoms with Crippen LogP contribution in [-0.4, -0.2) is 36.2 Å². The number of nitrogens with zero attached hydrogens (tertiary/aromatic N) is 1. The third-order valence-corrected chi connectivity index (χ3v) is 7.16. The van der Waals surface area contributed by atoms with Gasteiger partial charge in [-0.3, -0.25) is 9.59 Å². The van der Waals surface area contributed by atoms with Gasteiger partial charge in [0.25, 0.3) is 15.9 Å². The summed E-state index contributed by atoms with van der Waals surface area (Å²) in [5, 5.41) is 6.22. The van der Waals surface area contributed by atoms with E-state index in [4.69, 9.17) is 5.73 Å². The molecule has 0 saturated heterocycles. The van der Waals surface area contributed by atoms with Gasteiger partial charge in [-0.2, -0.15) is 4.72 Å². The maximum absolute atomic E-state index is 12.3. The predicted molar refractivity (Wildman–Crippen MR) is 103 cm³/mol. The van der Waals surface area contributed by atoms with Crippen molar-refractivity contribution in [2.45, 2.75) is 17.2 Å². The van der Waals surface area contributed by atoms with E-state index in [2.05, 4.69) is 20.0 Å². The Morgan fingerprint density at radius 1 is 1.33 bits per heavy atom. The van der Waals surface area contributed by atoms with Crippen LogP contribution in [0.3, 0.4) is 0 Å². The Hall–Kier alpha value is -2.54. The van der Waals surface area contributed by atoms with Gasteiger partial charge in [-0.25, -0.2) is 13.4 Å². The van der Waals surface area contributed by atoms with Crippen LogP contribution < -0.4 is 15.8 Å². The zero-order valence-electron chi connectivity index (χ0n) is 13.9. The van der Waals surface area contributed by atoms with E-state index in [1.165, 1.54) is 24.3 Å². The molecule has 27 heavy (non-hydrogen) atoms. The number of hydrogen-bond donors (Lipinski definition) is 4. The summed E-state index contributed by atoms with van der Waals surface area (Å²) in [5.74, 6) is -1.13. The molecule has 1 unspecified atom stereocenters. The third kappa shape index (κ3) is 4.42. The number of nitrogens with two attached hydrogens (primary N) is 1. The van der Waals surface area contributed by atoms with Crippen LogP contribution in [0.4, 0.5) is 5.13 Å². The van der Waals surface area contributed by atoms with Crippen LogP contribution in [-0.2, 0) is 14.8 Å². The number of anilines is 1. The van der Waals surface area contributed by atoms with Crippen LogP contribution in [0, 0.1) is 0 Å². The topological polar surface area (TPSA) is 147 Å². The van der Waals surface area contributed by atoms with Gasteiger partial charge in [0.15, 0.2) is 5.13 Å². The van der Waals surface area contributed by atoms with Gasteiger partial charge < -0.3 is 16.0 Å². The highest BCUT2D eigenvalue weighted by Crippen LogP contribution is 2.25. The largest absolute Gasteiger partial charge is 0.364 e. The number of aromatic amines is 1. The lowest BCUT2D eigenvalue weighted by Crippen LogP contribution is -2.41. The number of amides is 2. The summed E-state index contributed by atoms with van der Waals surface area (Å²) in [6.07, 6.45) is 1.58. The molecule has 12 heteroatoms. The molecule has 0 aliphatic heterocycles. The highest BCUT2D eigenvalue weighted by Gasteiger charge is 2.23. The minimum Gasteiger partial charge on any atom is -0.364 e. The smallest absolute Gasteiger partial charge is 0.265 e. The molecule has 5 N–H and O–H groups in total. The first-order valence-electron chi connectivity index (χ1n) is 7.57. The van der Waals surface area contributed by atoms with Crippen molar-refractivity contribution in [3.8, 4) is 11.3 Å². The number of carbonyl (C=O) groups is 2. The first-order chi connectivity index (χ1) is 12.8. The molecule has 3 aromatic rings. The van der Waals surface area contributed by atoms with E-state index in [0.29, 0.717) is 16.4 Å². The zero-order chi connectivity index (χ0) is 19.6. The lowest BCUT2D eigenvalue weighted by atomic mass is 10.2. The molecule has 0 fully saturated rings. The summed E-state index contributed by atoms with van der Waals surface area (Å²) in [5.41, 5.74) is 6.64. The molecule has 0 bridgehead atoms. The van der Waals surface area contributed by atoms with Crippen LogP contribution in [0.5, 0.6) is 0 Å². The van der Waals surface area contributed by atoms with Gasteiger partial charge >= 0.3 is 0 Å². The quantitative estimate of drug-likeness (QED) is 0.454. The zero-order valence-corrected chi connectivity index (χ0v) is 16.4. The Kier molecular flexibility index (Phi) is 5.41. The molecule has 1 atom stereocenters. The minimum atomic E-state index is -3.75. The number of thiazole rings is 1. The van der Waals surface area contributed by atoms with Gasteiger partial charge in [-0.15, -0.1) is 22.7 Å². The summed E-state index contributed by atoms with van der Waals surface area (Å²) >= 11 is 2.24. The van der Waals surface area contributed by atoms with Gasteiger partial charge in [0.2, 0.25) is 5.91 Å². The van der Waals surface area contributed by atoms with Crippen molar-refractivity contribution in [2.24, 2.45) is 5.73 Å². The molecule has 0 radical (unpaired) electrons. The number of thiophene rings is 1.